The lowest BCUT2D eigenvalue weighted by molar-refractivity contribution is 0.0984. The summed E-state index contributed by atoms with van der Waals surface area (Å²) in [5.74, 6) is 0.532. The van der Waals surface area contributed by atoms with Gasteiger partial charge in [-0.1, -0.05) is 42.5 Å². The fourth-order valence-corrected chi connectivity index (χ4v) is 2.35. The van der Waals surface area contributed by atoms with Crippen LogP contribution in [0.3, 0.4) is 0 Å². The highest BCUT2D eigenvalue weighted by Gasteiger charge is 2.08. The number of nitrogens with one attached hydrogen (secondary N) is 1. The fraction of sp³-hybridized carbons (Fsp3) is 0.0667. The molecular weight excluding hydrogens is 290 g/mol. The quantitative estimate of drug-likeness (QED) is 0.696. The standard InChI is InChI=1S/C15H13NO2S2/c1-18-13-9-7-11(8-10-13)14(17)16-20-15(19)12-5-3-2-4-6-12/h2-10H,1H3,(H,16,17). The van der Waals surface area contributed by atoms with Crippen LogP contribution >= 0.6 is 24.2 Å². The van der Waals surface area contributed by atoms with Crippen LogP contribution in [0.25, 0.3) is 0 Å². The predicted octanol–water partition coefficient (Wildman–Crippen LogP) is 3.45. The second-order valence-electron chi connectivity index (χ2n) is 3.92. The van der Waals surface area contributed by atoms with Gasteiger partial charge in [0.1, 0.15) is 5.75 Å². The molecule has 0 saturated heterocycles. The molecule has 0 atom stereocenters. The van der Waals surface area contributed by atoms with Gasteiger partial charge in [-0.15, -0.1) is 0 Å². The third-order valence-corrected chi connectivity index (χ3v) is 3.79. The Bertz CT molecular complexity index is 597. The van der Waals surface area contributed by atoms with E-state index in [4.69, 9.17) is 17.0 Å². The SMILES string of the molecule is COc1ccc(C(=O)NSC(=S)c2ccccc2)cc1. The van der Waals surface area contributed by atoms with E-state index < -0.39 is 0 Å². The largest absolute Gasteiger partial charge is 0.497 e. The van der Waals surface area contributed by atoms with E-state index in [2.05, 4.69) is 4.72 Å². The molecule has 20 heavy (non-hydrogen) atoms. The van der Waals surface area contributed by atoms with Crippen molar-refractivity contribution in [3.63, 3.8) is 0 Å². The summed E-state index contributed by atoms with van der Waals surface area (Å²) in [5.41, 5.74) is 1.48. The first-order chi connectivity index (χ1) is 9.70. The fourth-order valence-electron chi connectivity index (χ4n) is 1.53. The Morgan fingerprint density at radius 2 is 1.70 bits per heavy atom. The van der Waals surface area contributed by atoms with Gasteiger partial charge in [-0.05, 0) is 36.2 Å². The number of rotatable bonds is 3. The summed E-state index contributed by atoms with van der Waals surface area (Å²) in [4.78, 5) is 11.9. The van der Waals surface area contributed by atoms with Gasteiger partial charge in [0.25, 0.3) is 5.91 Å². The number of ether oxygens (including phenoxy) is 1. The van der Waals surface area contributed by atoms with E-state index in [0.29, 0.717) is 15.5 Å². The zero-order chi connectivity index (χ0) is 14.4. The predicted molar refractivity (Wildman–Crippen MR) is 86.2 cm³/mol. The summed E-state index contributed by atoms with van der Waals surface area (Å²) in [7, 11) is 1.59. The molecular formula is C15H13NO2S2. The first-order valence-corrected chi connectivity index (χ1v) is 7.14. The van der Waals surface area contributed by atoms with Crippen molar-refractivity contribution in [1.29, 1.82) is 0 Å². The van der Waals surface area contributed by atoms with Crippen LogP contribution in [0.5, 0.6) is 5.75 Å². The van der Waals surface area contributed by atoms with Crippen LogP contribution < -0.4 is 9.46 Å². The number of benzene rings is 2. The number of carbonyl (C=O) groups excluding carboxylic acids is 1. The second kappa shape index (κ2) is 7.07. The molecule has 5 heteroatoms. The summed E-state index contributed by atoms with van der Waals surface area (Å²) in [6, 6.07) is 16.5. The van der Waals surface area contributed by atoms with Crippen LogP contribution in [-0.4, -0.2) is 17.2 Å². The first kappa shape index (κ1) is 14.6. The minimum absolute atomic E-state index is 0.184. The van der Waals surface area contributed by atoms with Gasteiger partial charge in [0, 0.05) is 11.1 Å². The van der Waals surface area contributed by atoms with E-state index in [1.807, 2.05) is 30.3 Å². The van der Waals surface area contributed by atoms with Crippen molar-refractivity contribution in [2.24, 2.45) is 0 Å². The average Bonchev–Trinajstić information content (AvgIpc) is 2.53. The maximum atomic E-state index is 11.9. The Hall–Kier alpha value is -1.85. The Balaban J connectivity index is 1.93. The van der Waals surface area contributed by atoms with Crippen molar-refractivity contribution in [2.75, 3.05) is 7.11 Å². The van der Waals surface area contributed by atoms with Crippen molar-refractivity contribution in [2.45, 2.75) is 0 Å². The van der Waals surface area contributed by atoms with Crippen LogP contribution in [0.15, 0.2) is 54.6 Å². The van der Waals surface area contributed by atoms with Gasteiger partial charge in [-0.2, -0.15) is 0 Å². The van der Waals surface area contributed by atoms with Crippen LogP contribution in [0.2, 0.25) is 0 Å². The summed E-state index contributed by atoms with van der Waals surface area (Å²) in [5, 5.41) is 0. The third-order valence-electron chi connectivity index (χ3n) is 2.60. The molecule has 0 saturated carbocycles. The number of carbonyl (C=O) groups is 1. The van der Waals surface area contributed by atoms with Crippen molar-refractivity contribution >= 4 is 34.3 Å². The number of methoxy groups -OCH3 is 1. The monoisotopic (exact) mass is 303 g/mol. The van der Waals surface area contributed by atoms with Crippen molar-refractivity contribution in [3.8, 4) is 5.75 Å². The highest BCUT2D eigenvalue weighted by Crippen LogP contribution is 2.14. The number of hydrogen-bond acceptors (Lipinski definition) is 4. The molecule has 102 valence electrons. The molecule has 2 aromatic rings. The second-order valence-corrected chi connectivity index (χ2v) is 5.40. The molecule has 0 bridgehead atoms. The smallest absolute Gasteiger partial charge is 0.261 e. The highest BCUT2D eigenvalue weighted by molar-refractivity contribution is 8.22. The van der Waals surface area contributed by atoms with Gasteiger partial charge in [0.2, 0.25) is 0 Å². The molecule has 0 spiro atoms. The maximum absolute atomic E-state index is 11.9. The molecule has 0 aliphatic carbocycles. The molecule has 0 aliphatic heterocycles. The zero-order valence-corrected chi connectivity index (χ0v) is 12.5. The lowest BCUT2D eigenvalue weighted by Crippen LogP contribution is -2.17. The first-order valence-electron chi connectivity index (χ1n) is 5.91. The van der Waals surface area contributed by atoms with Gasteiger partial charge in [0.05, 0.1) is 11.3 Å². The number of hydrogen-bond donors (Lipinski definition) is 1. The Kier molecular flexibility index (Phi) is 5.15. The third kappa shape index (κ3) is 3.82. The van der Waals surface area contributed by atoms with Crippen molar-refractivity contribution in [3.05, 3.63) is 65.7 Å². The van der Waals surface area contributed by atoms with Gasteiger partial charge >= 0.3 is 0 Å². The maximum Gasteiger partial charge on any atom is 0.261 e. The summed E-state index contributed by atoms with van der Waals surface area (Å²) in [6.45, 7) is 0. The van der Waals surface area contributed by atoms with Crippen LogP contribution in [-0.2, 0) is 0 Å². The number of thiocarbonyl (C=S) groups is 1. The molecule has 0 unspecified atom stereocenters. The molecule has 1 N–H and O–H groups in total. The van der Waals surface area contributed by atoms with E-state index >= 15 is 0 Å². The zero-order valence-electron chi connectivity index (χ0n) is 10.8. The minimum atomic E-state index is -0.184. The molecule has 0 fully saturated rings. The van der Waals surface area contributed by atoms with E-state index in [0.717, 1.165) is 17.5 Å². The van der Waals surface area contributed by atoms with Gasteiger partial charge in [-0.25, -0.2) is 0 Å². The van der Waals surface area contributed by atoms with Crippen LogP contribution in [0.4, 0.5) is 0 Å². The van der Waals surface area contributed by atoms with Gasteiger partial charge < -0.3 is 4.74 Å². The van der Waals surface area contributed by atoms with E-state index in [-0.39, 0.29) is 5.91 Å². The highest BCUT2D eigenvalue weighted by atomic mass is 32.2. The van der Waals surface area contributed by atoms with Crippen molar-refractivity contribution < 1.29 is 9.53 Å². The lowest BCUT2D eigenvalue weighted by atomic mass is 10.2. The normalized spacial score (nSPS) is 9.85. The Morgan fingerprint density at radius 3 is 2.30 bits per heavy atom. The van der Waals surface area contributed by atoms with E-state index in [9.17, 15) is 4.79 Å². The molecule has 2 rings (SSSR count). The molecule has 0 aliphatic rings. The lowest BCUT2D eigenvalue weighted by Gasteiger charge is -2.06. The number of amides is 1. The topological polar surface area (TPSA) is 38.3 Å². The molecule has 0 radical (unpaired) electrons. The summed E-state index contributed by atoms with van der Waals surface area (Å²) >= 11 is 6.40. The van der Waals surface area contributed by atoms with Crippen molar-refractivity contribution in [1.82, 2.24) is 4.72 Å². The van der Waals surface area contributed by atoms with E-state index in [1.165, 1.54) is 0 Å². The van der Waals surface area contributed by atoms with Crippen LogP contribution in [0, 0.1) is 0 Å². The Morgan fingerprint density at radius 1 is 1.05 bits per heavy atom. The molecule has 0 aromatic heterocycles. The van der Waals surface area contributed by atoms with Gasteiger partial charge in [0.15, 0.2) is 0 Å². The molecule has 0 heterocycles. The molecule has 3 nitrogen and oxygen atoms in total. The van der Waals surface area contributed by atoms with Crippen LogP contribution in [0.1, 0.15) is 15.9 Å². The average molecular weight is 303 g/mol. The Labute approximate surface area is 127 Å². The van der Waals surface area contributed by atoms with E-state index in [1.54, 1.807) is 31.4 Å². The molecule has 2 aromatic carbocycles. The summed E-state index contributed by atoms with van der Waals surface area (Å²) < 4.78 is 8.41. The molecule has 1 amide bonds. The minimum Gasteiger partial charge on any atom is -0.497 e. The van der Waals surface area contributed by atoms with Gasteiger partial charge in [-0.3, -0.25) is 9.52 Å². The summed E-state index contributed by atoms with van der Waals surface area (Å²) in [6.07, 6.45) is 0.